The van der Waals surface area contributed by atoms with E-state index in [0.29, 0.717) is 55.1 Å². The van der Waals surface area contributed by atoms with E-state index in [1.807, 2.05) is 55.1 Å². The van der Waals surface area contributed by atoms with Gasteiger partial charge in [-0.3, -0.25) is 9.48 Å². The van der Waals surface area contributed by atoms with Gasteiger partial charge in [0.2, 0.25) is 0 Å². The number of amides is 1. The van der Waals surface area contributed by atoms with Crippen molar-refractivity contribution in [3.63, 3.8) is 0 Å². The summed E-state index contributed by atoms with van der Waals surface area (Å²) in [5.41, 5.74) is 3.45. The van der Waals surface area contributed by atoms with Crippen LogP contribution >= 0.6 is 11.6 Å². The minimum Gasteiger partial charge on any atom is -0.392 e. The Morgan fingerprint density at radius 2 is 1.97 bits per heavy atom. The van der Waals surface area contributed by atoms with E-state index in [-0.39, 0.29) is 24.0 Å². The van der Waals surface area contributed by atoms with Crippen molar-refractivity contribution in [1.29, 1.82) is 0 Å². The zero-order chi connectivity index (χ0) is 23.9. The number of fused-ring (bicyclic) bond motifs is 1. The van der Waals surface area contributed by atoms with Gasteiger partial charge in [0.05, 0.1) is 42.5 Å². The maximum atomic E-state index is 13.7. The predicted octanol–water partition coefficient (Wildman–Crippen LogP) is 3.58. The average Bonchev–Trinajstić information content (AvgIpc) is 3.16. The van der Waals surface area contributed by atoms with Gasteiger partial charge in [0.1, 0.15) is 11.5 Å². The van der Waals surface area contributed by atoms with Crippen LogP contribution in [0.2, 0.25) is 5.02 Å². The zero-order valence-electron chi connectivity index (χ0n) is 19.3. The van der Waals surface area contributed by atoms with Crippen molar-refractivity contribution < 1.29 is 14.6 Å². The molecule has 1 aromatic carbocycles. The highest BCUT2D eigenvalue weighted by molar-refractivity contribution is 6.33. The summed E-state index contributed by atoms with van der Waals surface area (Å²) < 4.78 is 7.37. The smallest absolute Gasteiger partial charge is 0.272 e. The van der Waals surface area contributed by atoms with E-state index in [2.05, 4.69) is 10.3 Å². The Labute approximate surface area is 203 Å². The molecule has 2 aromatic heterocycles. The summed E-state index contributed by atoms with van der Waals surface area (Å²) in [7, 11) is 0. The fourth-order valence-corrected chi connectivity index (χ4v) is 4.83. The van der Waals surface area contributed by atoms with Crippen molar-refractivity contribution in [3.8, 4) is 11.3 Å². The number of nitrogens with one attached hydrogen (secondary N) is 1. The average molecular weight is 482 g/mol. The van der Waals surface area contributed by atoms with Gasteiger partial charge < -0.3 is 20.1 Å². The number of rotatable bonds is 6. The number of benzene rings is 1. The third-order valence-electron chi connectivity index (χ3n) is 6.33. The lowest BCUT2D eigenvalue weighted by atomic mass is 9.85. The number of pyridine rings is 1. The molecule has 0 atom stereocenters. The first-order valence-electron chi connectivity index (χ1n) is 11.4. The van der Waals surface area contributed by atoms with Crippen molar-refractivity contribution in [2.75, 3.05) is 25.1 Å². The van der Waals surface area contributed by atoms with Gasteiger partial charge in [-0.25, -0.2) is 4.98 Å². The summed E-state index contributed by atoms with van der Waals surface area (Å²) in [5, 5.41) is 18.3. The Hall–Kier alpha value is -2.94. The number of ether oxygens (including phenoxy) is 1. The van der Waals surface area contributed by atoms with Crippen LogP contribution in [-0.2, 0) is 24.4 Å². The molecule has 0 radical (unpaired) electrons. The van der Waals surface area contributed by atoms with Crippen LogP contribution in [0.25, 0.3) is 11.3 Å². The second-order valence-electron chi connectivity index (χ2n) is 9.50. The predicted molar refractivity (Wildman–Crippen MR) is 130 cm³/mol. The van der Waals surface area contributed by atoms with Crippen LogP contribution in [0.5, 0.6) is 0 Å². The van der Waals surface area contributed by atoms with Gasteiger partial charge in [-0.05, 0) is 37.1 Å². The second-order valence-corrected chi connectivity index (χ2v) is 9.91. The largest absolute Gasteiger partial charge is 0.392 e. The molecule has 2 aliphatic heterocycles. The molecule has 0 saturated carbocycles. The van der Waals surface area contributed by atoms with E-state index in [1.54, 1.807) is 10.9 Å². The fourth-order valence-electron chi connectivity index (χ4n) is 4.63. The molecule has 1 saturated heterocycles. The van der Waals surface area contributed by atoms with Crippen LogP contribution in [0, 0.1) is 5.41 Å². The maximum absolute atomic E-state index is 13.7. The Morgan fingerprint density at radius 1 is 1.21 bits per heavy atom. The first-order valence-corrected chi connectivity index (χ1v) is 11.8. The molecule has 0 bridgehead atoms. The minimum absolute atomic E-state index is 0.0676. The second kappa shape index (κ2) is 9.02. The molecule has 178 valence electrons. The number of anilines is 1. The van der Waals surface area contributed by atoms with Crippen molar-refractivity contribution in [2.24, 2.45) is 5.41 Å². The highest BCUT2D eigenvalue weighted by Crippen LogP contribution is 2.37. The summed E-state index contributed by atoms with van der Waals surface area (Å²) in [4.78, 5) is 19.9. The summed E-state index contributed by atoms with van der Waals surface area (Å²) in [6.45, 7) is 6.73. The van der Waals surface area contributed by atoms with E-state index < -0.39 is 0 Å². The van der Waals surface area contributed by atoms with Crippen LogP contribution in [0.15, 0.2) is 42.6 Å². The molecule has 5 rings (SSSR count). The van der Waals surface area contributed by atoms with Crippen molar-refractivity contribution in [1.82, 2.24) is 19.7 Å². The number of hydrogen-bond donors (Lipinski definition) is 2. The van der Waals surface area contributed by atoms with E-state index >= 15 is 0 Å². The number of aliphatic hydroxyl groups excluding tert-OH is 1. The van der Waals surface area contributed by atoms with Gasteiger partial charge in [-0.2, -0.15) is 5.10 Å². The van der Waals surface area contributed by atoms with Crippen LogP contribution < -0.4 is 5.32 Å². The number of carbonyl (C=O) groups excluding carboxylic acids is 1. The number of halogens is 1. The molecule has 2 N–H and O–H groups in total. The Bertz CT molecular complexity index is 1220. The number of nitrogens with zero attached hydrogens (tertiary/aromatic N) is 4. The zero-order valence-corrected chi connectivity index (χ0v) is 20.0. The Kier molecular flexibility index (Phi) is 6.06. The van der Waals surface area contributed by atoms with Gasteiger partial charge in [-0.1, -0.05) is 35.9 Å². The molecule has 2 aliphatic rings. The molecule has 9 heteroatoms. The van der Waals surface area contributed by atoms with Gasteiger partial charge in [0.15, 0.2) is 0 Å². The lowest BCUT2D eigenvalue weighted by Crippen LogP contribution is -2.52. The minimum atomic E-state index is -0.190. The molecule has 1 amide bonds. The lowest BCUT2D eigenvalue weighted by Gasteiger charge is -2.42. The highest BCUT2D eigenvalue weighted by atomic mass is 35.5. The summed E-state index contributed by atoms with van der Waals surface area (Å²) >= 11 is 6.48. The van der Waals surface area contributed by atoms with E-state index in [0.717, 1.165) is 16.7 Å². The van der Waals surface area contributed by atoms with Crippen molar-refractivity contribution in [3.05, 3.63) is 64.4 Å². The van der Waals surface area contributed by atoms with Gasteiger partial charge in [0, 0.05) is 30.9 Å². The highest BCUT2D eigenvalue weighted by Gasteiger charge is 2.45. The maximum Gasteiger partial charge on any atom is 0.272 e. The monoisotopic (exact) mass is 481 g/mol. The quantitative estimate of drug-likeness (QED) is 0.559. The van der Waals surface area contributed by atoms with Gasteiger partial charge >= 0.3 is 0 Å². The summed E-state index contributed by atoms with van der Waals surface area (Å²) in [6, 6.07) is 11.6. The Balaban J connectivity index is 1.52. The third-order valence-corrected chi connectivity index (χ3v) is 6.63. The van der Waals surface area contributed by atoms with Gasteiger partial charge in [0.25, 0.3) is 5.91 Å². The van der Waals surface area contributed by atoms with E-state index in [9.17, 15) is 9.90 Å². The normalized spacial score (nSPS) is 17.0. The summed E-state index contributed by atoms with van der Waals surface area (Å²) in [6.07, 6.45) is 1.60. The summed E-state index contributed by atoms with van der Waals surface area (Å²) in [5.74, 6) is 0.607. The number of aliphatic hydroxyl groups is 1. The first-order chi connectivity index (χ1) is 16.4. The topological polar surface area (TPSA) is 92.5 Å². The number of carbonyl (C=O) groups is 1. The van der Waals surface area contributed by atoms with Crippen molar-refractivity contribution in [2.45, 2.75) is 39.6 Å². The molecular weight excluding hydrogens is 454 g/mol. The van der Waals surface area contributed by atoms with Crippen LogP contribution in [-0.4, -0.2) is 56.5 Å². The van der Waals surface area contributed by atoms with Crippen molar-refractivity contribution >= 4 is 23.3 Å². The molecular formula is C25H28ClN5O3. The molecule has 0 unspecified atom stereocenters. The van der Waals surface area contributed by atoms with Crippen LogP contribution in [0.1, 0.15) is 35.5 Å². The van der Waals surface area contributed by atoms with Gasteiger partial charge in [-0.15, -0.1) is 0 Å². The number of aromatic nitrogens is 3. The van der Waals surface area contributed by atoms with E-state index in [1.165, 1.54) is 0 Å². The fraction of sp³-hybridized carbons (Fsp3) is 0.400. The SMILES string of the molecule is CC(C)Nc1cc(-c2cc3n(n2)CC2(COC2)CN(Cc2ccccc2CO)C3=O)c(Cl)cn1. The van der Waals surface area contributed by atoms with E-state index in [4.69, 9.17) is 21.4 Å². The van der Waals surface area contributed by atoms with Crippen LogP contribution in [0.4, 0.5) is 5.82 Å². The molecule has 8 nitrogen and oxygen atoms in total. The molecule has 3 aromatic rings. The molecule has 4 heterocycles. The molecule has 1 spiro atoms. The van der Waals surface area contributed by atoms with Crippen LogP contribution in [0.3, 0.4) is 0 Å². The Morgan fingerprint density at radius 3 is 2.65 bits per heavy atom. The molecule has 0 aliphatic carbocycles. The first kappa shape index (κ1) is 22.8. The lowest BCUT2D eigenvalue weighted by molar-refractivity contribution is -0.130. The molecule has 1 fully saturated rings. The number of hydrogen-bond acceptors (Lipinski definition) is 6. The standard InChI is InChI=1S/C25H28ClN5O3/c1-16(2)28-23-7-19(20(26)9-27-23)21-8-22-24(33)30(10-17-5-3-4-6-18(17)11-32)12-25(14-34-15-25)13-31(22)29-21/h3-9,16,32H,10-15H2,1-2H3,(H,27,28). The third kappa shape index (κ3) is 4.29. The molecule has 34 heavy (non-hydrogen) atoms.